The molecular weight excluding hydrogens is 603 g/mol. The summed E-state index contributed by atoms with van der Waals surface area (Å²) < 4.78 is 49.9. The fraction of sp³-hybridized carbons (Fsp3) is 0.677. The van der Waals surface area contributed by atoms with Crippen LogP contribution in [0.15, 0.2) is 18.5 Å². The summed E-state index contributed by atoms with van der Waals surface area (Å²) in [5.41, 5.74) is 1.54. The van der Waals surface area contributed by atoms with Crippen molar-refractivity contribution in [3.05, 3.63) is 35.5 Å². The number of anilines is 1. The highest BCUT2D eigenvalue weighted by molar-refractivity contribution is 5.92. The first-order chi connectivity index (χ1) is 22.1. The number of amides is 2. The van der Waals surface area contributed by atoms with Gasteiger partial charge in [0, 0.05) is 38.2 Å². The van der Waals surface area contributed by atoms with Gasteiger partial charge in [0.15, 0.2) is 5.82 Å². The van der Waals surface area contributed by atoms with Crippen molar-refractivity contribution in [3.8, 4) is 0 Å². The van der Waals surface area contributed by atoms with Gasteiger partial charge in [0.05, 0.1) is 42.6 Å². The minimum Gasteiger partial charge on any atom is -0.374 e. The van der Waals surface area contributed by atoms with Gasteiger partial charge in [-0.1, -0.05) is 19.8 Å². The van der Waals surface area contributed by atoms with Crippen molar-refractivity contribution in [2.45, 2.75) is 89.7 Å². The molecule has 5 atom stereocenters. The quantitative estimate of drug-likeness (QED) is 0.382. The summed E-state index contributed by atoms with van der Waals surface area (Å²) in [5, 5.41) is 14.8. The molecule has 1 saturated carbocycles. The van der Waals surface area contributed by atoms with E-state index in [1.807, 2.05) is 6.92 Å². The predicted molar refractivity (Wildman–Crippen MR) is 160 cm³/mol. The summed E-state index contributed by atoms with van der Waals surface area (Å²) >= 11 is 0. The molecule has 15 heteroatoms. The van der Waals surface area contributed by atoms with E-state index in [1.165, 1.54) is 0 Å². The number of ether oxygens (including phenoxy) is 1. The molecule has 7 rings (SSSR count). The molecule has 2 bridgehead atoms. The van der Waals surface area contributed by atoms with Crippen LogP contribution in [0.3, 0.4) is 0 Å². The SMILES string of the molecule is CCn1nccc1C(=O)N[C@H](c1cn2nc(CC3C[C@@H](C(F)(F)F)CNC3=O)c(N3C[C@H]4C[C@@H]3CO4)nc2n1)C1CCC(C)CC1. The number of fused-ring (bicyclic) bond motifs is 3. The third-order valence-corrected chi connectivity index (χ3v) is 10.3. The molecule has 3 aromatic rings. The zero-order valence-electron chi connectivity index (χ0n) is 26.0. The lowest BCUT2D eigenvalue weighted by molar-refractivity contribution is -0.183. The molecule has 0 aromatic carbocycles. The number of aryl methyl sites for hydroxylation is 1. The fourth-order valence-corrected chi connectivity index (χ4v) is 7.64. The topological polar surface area (TPSA) is 132 Å². The van der Waals surface area contributed by atoms with Gasteiger partial charge in [0.25, 0.3) is 11.7 Å². The fourth-order valence-electron chi connectivity index (χ4n) is 7.64. The normalized spacial score (nSPS) is 28.9. The molecule has 12 nitrogen and oxygen atoms in total. The van der Waals surface area contributed by atoms with Crippen LogP contribution >= 0.6 is 0 Å². The van der Waals surface area contributed by atoms with Crippen LogP contribution in [0.25, 0.3) is 5.78 Å². The van der Waals surface area contributed by atoms with Crippen LogP contribution in [-0.2, 0) is 22.5 Å². The second-order valence-corrected chi connectivity index (χ2v) is 13.4. The zero-order chi connectivity index (χ0) is 32.2. The van der Waals surface area contributed by atoms with E-state index in [0.717, 1.165) is 32.1 Å². The maximum atomic E-state index is 13.6. The molecule has 3 saturated heterocycles. The molecular formula is C31H40F3N9O3. The Labute approximate surface area is 264 Å². The summed E-state index contributed by atoms with van der Waals surface area (Å²) in [4.78, 5) is 38.2. The number of aromatic nitrogens is 6. The van der Waals surface area contributed by atoms with Gasteiger partial charge in [-0.25, -0.2) is 9.50 Å². The van der Waals surface area contributed by atoms with Crippen LogP contribution in [-0.4, -0.2) is 79.2 Å². The van der Waals surface area contributed by atoms with Gasteiger partial charge in [-0.2, -0.15) is 28.4 Å². The molecule has 1 unspecified atom stereocenters. The smallest absolute Gasteiger partial charge is 0.374 e. The molecule has 3 aromatic heterocycles. The lowest BCUT2D eigenvalue weighted by Gasteiger charge is -2.32. The van der Waals surface area contributed by atoms with E-state index in [1.54, 1.807) is 27.7 Å². The van der Waals surface area contributed by atoms with Gasteiger partial charge < -0.3 is 20.3 Å². The number of nitrogens with one attached hydrogen (secondary N) is 2. The van der Waals surface area contributed by atoms with Crippen molar-refractivity contribution >= 4 is 23.4 Å². The van der Waals surface area contributed by atoms with Crippen LogP contribution in [0.2, 0.25) is 0 Å². The highest BCUT2D eigenvalue weighted by atomic mass is 19.4. The summed E-state index contributed by atoms with van der Waals surface area (Å²) in [6, 6.07) is 1.36. The molecule has 3 aliphatic heterocycles. The van der Waals surface area contributed by atoms with E-state index < -0.39 is 36.5 Å². The Balaban J connectivity index is 1.24. The van der Waals surface area contributed by atoms with Crippen LogP contribution in [0.5, 0.6) is 0 Å². The van der Waals surface area contributed by atoms with Gasteiger partial charge in [-0.15, -0.1) is 0 Å². The Hall–Kier alpha value is -3.75. The summed E-state index contributed by atoms with van der Waals surface area (Å²) in [6.07, 6.45) is 3.50. The number of carbonyl (C=O) groups is 2. The number of hydrogen-bond donors (Lipinski definition) is 2. The van der Waals surface area contributed by atoms with Crippen LogP contribution in [0, 0.1) is 23.7 Å². The standard InChI is InChI=1S/C31H40F3N9O3/c1-3-42-25(8-9-36-42)29(45)38-26(18-6-4-17(2)5-7-18)24-15-43-30(37-24)39-27(41-14-22-12-21(41)16-46-22)23(40-43)11-19-10-20(31(32,33)34)13-35-28(19)44/h8-9,15,17-22,26H,3-7,10-14,16H2,1-2H3,(H,35,44)(H,38,45)/t17?,18?,19?,20-,21-,22-,26+/m1/s1. The molecule has 2 N–H and O–H groups in total. The Bertz CT molecular complexity index is 1600. The Kier molecular flexibility index (Phi) is 8.14. The zero-order valence-corrected chi connectivity index (χ0v) is 26.0. The van der Waals surface area contributed by atoms with Crippen molar-refractivity contribution in [2.75, 3.05) is 24.6 Å². The van der Waals surface area contributed by atoms with E-state index in [9.17, 15) is 22.8 Å². The minimum absolute atomic E-state index is 0.0145. The highest BCUT2D eigenvalue weighted by Gasteiger charge is 2.46. The van der Waals surface area contributed by atoms with E-state index >= 15 is 0 Å². The number of halogens is 3. The number of hydrogen-bond acceptors (Lipinski definition) is 8. The average molecular weight is 644 g/mol. The van der Waals surface area contributed by atoms with Crippen LogP contribution in [0.4, 0.5) is 19.0 Å². The van der Waals surface area contributed by atoms with Gasteiger partial charge in [-0.3, -0.25) is 14.3 Å². The predicted octanol–water partition coefficient (Wildman–Crippen LogP) is 3.47. The molecule has 0 spiro atoms. The second kappa shape index (κ2) is 12.1. The molecule has 0 radical (unpaired) electrons. The summed E-state index contributed by atoms with van der Waals surface area (Å²) in [5.74, 6) is -1.54. The third-order valence-electron chi connectivity index (χ3n) is 10.3. The van der Waals surface area contributed by atoms with Gasteiger partial charge >= 0.3 is 6.18 Å². The molecule has 4 aliphatic rings. The molecule has 4 fully saturated rings. The maximum Gasteiger partial charge on any atom is 0.393 e. The lowest BCUT2D eigenvalue weighted by atomic mass is 9.78. The Morgan fingerprint density at radius 3 is 2.70 bits per heavy atom. The van der Waals surface area contributed by atoms with Crippen molar-refractivity contribution in [2.24, 2.45) is 23.7 Å². The number of carbonyl (C=O) groups excluding carboxylic acids is 2. The van der Waals surface area contributed by atoms with Crippen molar-refractivity contribution in [1.82, 2.24) is 40.0 Å². The van der Waals surface area contributed by atoms with Crippen LogP contribution in [0.1, 0.15) is 80.3 Å². The lowest BCUT2D eigenvalue weighted by Crippen LogP contribution is -2.47. The van der Waals surface area contributed by atoms with Crippen molar-refractivity contribution in [3.63, 3.8) is 0 Å². The van der Waals surface area contributed by atoms with Gasteiger partial charge in [0.2, 0.25) is 5.91 Å². The molecule has 248 valence electrons. The number of rotatable bonds is 8. The first-order valence-electron chi connectivity index (χ1n) is 16.4. The Morgan fingerprint density at radius 2 is 2.00 bits per heavy atom. The Morgan fingerprint density at radius 1 is 1.20 bits per heavy atom. The molecule has 46 heavy (non-hydrogen) atoms. The largest absolute Gasteiger partial charge is 0.393 e. The number of nitrogens with zero attached hydrogens (tertiary/aromatic N) is 7. The molecule has 1 aliphatic carbocycles. The second-order valence-electron chi connectivity index (χ2n) is 13.4. The van der Waals surface area contributed by atoms with E-state index in [2.05, 4.69) is 27.6 Å². The molecule has 6 heterocycles. The number of morpholine rings is 1. The van der Waals surface area contributed by atoms with Gasteiger partial charge in [0.1, 0.15) is 11.4 Å². The van der Waals surface area contributed by atoms with E-state index in [0.29, 0.717) is 54.3 Å². The minimum atomic E-state index is -4.40. The molecule has 2 amide bonds. The van der Waals surface area contributed by atoms with Crippen LogP contribution < -0.4 is 15.5 Å². The monoisotopic (exact) mass is 643 g/mol. The number of imidazole rings is 1. The number of piperidine rings is 1. The van der Waals surface area contributed by atoms with Crippen molar-refractivity contribution in [1.29, 1.82) is 0 Å². The summed E-state index contributed by atoms with van der Waals surface area (Å²) in [6.45, 7) is 5.42. The highest BCUT2D eigenvalue weighted by Crippen LogP contribution is 2.39. The third kappa shape index (κ3) is 5.93. The maximum absolute atomic E-state index is 13.6. The van der Waals surface area contributed by atoms with E-state index in [4.69, 9.17) is 19.8 Å². The first-order valence-corrected chi connectivity index (χ1v) is 16.4. The van der Waals surface area contributed by atoms with Gasteiger partial charge in [-0.05, 0) is 50.5 Å². The number of alkyl halides is 3. The summed E-state index contributed by atoms with van der Waals surface area (Å²) in [7, 11) is 0. The van der Waals surface area contributed by atoms with Crippen molar-refractivity contribution < 1.29 is 27.5 Å². The van der Waals surface area contributed by atoms with E-state index in [-0.39, 0.29) is 36.8 Å². The average Bonchev–Trinajstić information content (AvgIpc) is 3.84. The first kappa shape index (κ1) is 30.9.